The third-order valence-electron chi connectivity index (χ3n) is 3.90. The highest BCUT2D eigenvalue weighted by Crippen LogP contribution is 2.50. The molecule has 2 nitrogen and oxygen atoms in total. The number of thiophene rings is 1. The van der Waals surface area contributed by atoms with Crippen LogP contribution in [0.2, 0.25) is 0 Å². The minimum Gasteiger partial charge on any atom is -0.338 e. The van der Waals surface area contributed by atoms with Gasteiger partial charge < -0.3 is 5.32 Å². The number of aryl methyl sites for hydroxylation is 1. The fourth-order valence-corrected chi connectivity index (χ4v) is 4.09. The van der Waals surface area contributed by atoms with Crippen molar-refractivity contribution in [1.82, 2.24) is 0 Å². The number of hydrogen-bond donors (Lipinski definition) is 1. The summed E-state index contributed by atoms with van der Waals surface area (Å²) in [6.45, 7) is 5.59. The summed E-state index contributed by atoms with van der Waals surface area (Å²) in [7, 11) is 0. The molecule has 0 bridgehead atoms. The van der Waals surface area contributed by atoms with Gasteiger partial charge >= 0.3 is 0 Å². The minimum absolute atomic E-state index is 0.411. The van der Waals surface area contributed by atoms with Crippen LogP contribution in [0.4, 0.5) is 5.00 Å². The molecule has 15 heavy (non-hydrogen) atoms. The van der Waals surface area contributed by atoms with Gasteiger partial charge in [0.05, 0.1) is 17.9 Å². The third kappa shape index (κ3) is 1.19. The highest BCUT2D eigenvalue weighted by Gasteiger charge is 2.38. The normalized spacial score (nSPS) is 27.3. The molecule has 0 radical (unpaired) electrons. The van der Waals surface area contributed by atoms with E-state index in [1.165, 1.54) is 29.8 Å². The highest BCUT2D eigenvalue weighted by molar-refractivity contribution is 7.16. The van der Waals surface area contributed by atoms with Crippen LogP contribution in [0.5, 0.6) is 0 Å². The first-order chi connectivity index (χ1) is 7.24. The van der Waals surface area contributed by atoms with Crippen molar-refractivity contribution >= 4 is 22.7 Å². The quantitative estimate of drug-likeness (QED) is 0.771. The van der Waals surface area contributed by atoms with Crippen molar-refractivity contribution in [3.05, 3.63) is 16.0 Å². The molecule has 1 unspecified atom stereocenters. The predicted molar refractivity (Wildman–Crippen MR) is 66.1 cm³/mol. The summed E-state index contributed by atoms with van der Waals surface area (Å²) < 4.78 is 0. The Kier molecular flexibility index (Phi) is 1.93. The molecule has 0 spiro atoms. The van der Waals surface area contributed by atoms with Gasteiger partial charge in [0.1, 0.15) is 0 Å². The maximum Gasteiger partial charge on any atom is 0.0990 e. The maximum absolute atomic E-state index is 4.34. The Hall–Kier alpha value is -0.830. The molecule has 0 aromatic carbocycles. The van der Waals surface area contributed by atoms with E-state index in [2.05, 4.69) is 24.2 Å². The van der Waals surface area contributed by atoms with Crippen LogP contribution in [-0.4, -0.2) is 6.34 Å². The summed E-state index contributed by atoms with van der Waals surface area (Å²) in [6, 6.07) is 0. The van der Waals surface area contributed by atoms with Crippen LogP contribution in [0, 0.1) is 0 Å². The molecule has 1 atom stereocenters. The lowest BCUT2D eigenvalue weighted by atomic mass is 9.80. The van der Waals surface area contributed by atoms with E-state index < -0.39 is 0 Å². The Labute approximate surface area is 94.4 Å². The van der Waals surface area contributed by atoms with E-state index in [-0.39, 0.29) is 0 Å². The number of fused-ring (bicyclic) bond motifs is 3. The molecular weight excluding hydrogens is 204 g/mol. The van der Waals surface area contributed by atoms with Crippen LogP contribution in [0.3, 0.4) is 0 Å². The van der Waals surface area contributed by atoms with Crippen molar-refractivity contribution in [1.29, 1.82) is 0 Å². The van der Waals surface area contributed by atoms with E-state index in [9.17, 15) is 0 Å². The van der Waals surface area contributed by atoms with Crippen LogP contribution >= 0.6 is 11.3 Å². The van der Waals surface area contributed by atoms with E-state index in [1.54, 1.807) is 10.4 Å². The summed E-state index contributed by atoms with van der Waals surface area (Å²) in [5.74, 6) is 0. The molecular formula is C12H16N2S. The summed E-state index contributed by atoms with van der Waals surface area (Å²) >= 11 is 1.94. The lowest BCUT2D eigenvalue weighted by molar-refractivity contribution is 0.450. The first-order valence-corrected chi connectivity index (χ1v) is 6.46. The molecule has 0 amide bonds. The van der Waals surface area contributed by atoms with E-state index >= 15 is 0 Å². The number of nitrogens with one attached hydrogen (secondary N) is 1. The molecule has 0 fully saturated rings. The fourth-order valence-electron chi connectivity index (χ4n) is 2.77. The molecule has 1 aromatic rings. The molecule has 0 saturated carbocycles. The first kappa shape index (κ1) is 9.40. The van der Waals surface area contributed by atoms with Crippen molar-refractivity contribution in [2.75, 3.05) is 5.32 Å². The van der Waals surface area contributed by atoms with Crippen molar-refractivity contribution in [2.45, 2.75) is 45.1 Å². The van der Waals surface area contributed by atoms with E-state index in [0.717, 1.165) is 6.54 Å². The summed E-state index contributed by atoms with van der Waals surface area (Å²) in [5.41, 5.74) is 3.50. The Bertz CT molecular complexity index is 433. The standard InChI is InChI=1S/C12H16N2S/c1-3-12(2)5-4-9-10(12)8-6-13-7-14-11(8)15-9/h7H,3-6H2,1-2H3,(H,13,14). The van der Waals surface area contributed by atoms with E-state index in [1.807, 2.05) is 17.7 Å². The van der Waals surface area contributed by atoms with Gasteiger partial charge in [0.25, 0.3) is 0 Å². The van der Waals surface area contributed by atoms with Crippen LogP contribution in [0.25, 0.3) is 0 Å². The second-order valence-corrected chi connectivity index (χ2v) is 5.84. The van der Waals surface area contributed by atoms with Gasteiger partial charge in [-0.25, -0.2) is 0 Å². The Balaban J connectivity index is 2.16. The largest absolute Gasteiger partial charge is 0.338 e. The summed E-state index contributed by atoms with van der Waals surface area (Å²) in [6.07, 6.45) is 5.66. The zero-order valence-electron chi connectivity index (χ0n) is 9.26. The molecule has 80 valence electrons. The zero-order chi connectivity index (χ0) is 10.5. The minimum atomic E-state index is 0.411. The van der Waals surface area contributed by atoms with Gasteiger partial charge in [-0.1, -0.05) is 13.8 Å². The molecule has 1 aliphatic carbocycles. The van der Waals surface area contributed by atoms with Crippen LogP contribution in [0.15, 0.2) is 4.99 Å². The van der Waals surface area contributed by atoms with Gasteiger partial charge in [0.2, 0.25) is 0 Å². The molecule has 3 rings (SSSR count). The first-order valence-electron chi connectivity index (χ1n) is 5.64. The predicted octanol–water partition coefficient (Wildman–Crippen LogP) is 3.32. The lowest BCUT2D eigenvalue weighted by Gasteiger charge is -2.25. The van der Waals surface area contributed by atoms with Gasteiger partial charge in [0, 0.05) is 10.4 Å². The number of anilines is 1. The third-order valence-corrected chi connectivity index (χ3v) is 5.13. The highest BCUT2D eigenvalue weighted by atomic mass is 32.1. The fraction of sp³-hybridized carbons (Fsp3) is 0.583. The van der Waals surface area contributed by atoms with Crippen molar-refractivity contribution in [3.8, 4) is 0 Å². The smallest absolute Gasteiger partial charge is 0.0990 e. The average molecular weight is 220 g/mol. The zero-order valence-corrected chi connectivity index (χ0v) is 10.1. The van der Waals surface area contributed by atoms with Gasteiger partial charge in [-0.15, -0.1) is 11.3 Å². The monoisotopic (exact) mass is 220 g/mol. The van der Waals surface area contributed by atoms with E-state index in [0.29, 0.717) is 5.41 Å². The SMILES string of the molecule is CCC1(C)CCc2sc3c(c21)CN=CN3. The van der Waals surface area contributed by atoms with E-state index in [4.69, 9.17) is 0 Å². The number of nitrogens with zero attached hydrogens (tertiary/aromatic N) is 1. The van der Waals surface area contributed by atoms with Crippen LogP contribution in [0.1, 0.15) is 42.7 Å². The van der Waals surface area contributed by atoms with Gasteiger partial charge in [-0.05, 0) is 30.2 Å². The molecule has 2 aliphatic rings. The van der Waals surface area contributed by atoms with Gasteiger partial charge in [-0.2, -0.15) is 0 Å². The van der Waals surface area contributed by atoms with Crippen LogP contribution < -0.4 is 5.32 Å². The molecule has 0 saturated heterocycles. The van der Waals surface area contributed by atoms with Crippen LogP contribution in [-0.2, 0) is 18.4 Å². The molecule has 1 N–H and O–H groups in total. The van der Waals surface area contributed by atoms with Crippen molar-refractivity contribution in [2.24, 2.45) is 4.99 Å². The van der Waals surface area contributed by atoms with Gasteiger partial charge in [0.15, 0.2) is 0 Å². The van der Waals surface area contributed by atoms with Gasteiger partial charge in [-0.3, -0.25) is 4.99 Å². The second-order valence-electron chi connectivity index (χ2n) is 4.74. The molecule has 1 aromatic heterocycles. The molecule has 1 aliphatic heterocycles. The van der Waals surface area contributed by atoms with Crippen molar-refractivity contribution in [3.63, 3.8) is 0 Å². The summed E-state index contributed by atoms with van der Waals surface area (Å²) in [4.78, 5) is 5.94. The Morgan fingerprint density at radius 1 is 1.60 bits per heavy atom. The number of hydrogen-bond acceptors (Lipinski definition) is 3. The Morgan fingerprint density at radius 2 is 2.47 bits per heavy atom. The molecule has 2 heterocycles. The molecule has 3 heteroatoms. The maximum atomic E-state index is 4.34. The second kappa shape index (κ2) is 3.08. The summed E-state index contributed by atoms with van der Waals surface area (Å²) in [5, 5.41) is 4.62. The lowest BCUT2D eigenvalue weighted by Crippen LogP contribution is -2.19. The number of aliphatic imine (C=N–C) groups is 1. The number of rotatable bonds is 1. The average Bonchev–Trinajstić information content (AvgIpc) is 2.78. The van der Waals surface area contributed by atoms with Crippen molar-refractivity contribution < 1.29 is 0 Å². The topological polar surface area (TPSA) is 24.4 Å². The Morgan fingerprint density at radius 3 is 3.27 bits per heavy atom.